The van der Waals surface area contributed by atoms with Crippen molar-refractivity contribution in [2.75, 3.05) is 0 Å². The van der Waals surface area contributed by atoms with Crippen LogP contribution in [-0.2, 0) is 63.5 Å². The first-order valence-electron chi connectivity index (χ1n) is 19.5. The summed E-state index contributed by atoms with van der Waals surface area (Å²) in [5, 5.41) is 80.0. The molecule has 2 radical (unpaired) electrons. The standard InChI is InChI=1S/4C10H8N2.3C2H2O4.2Cr.2NO3.8H2O/c4*1-3-7-11-9(5-1)10-6-2-4-8-12-10;3*3-1(4)2(5)6;;;2*2-1(3)4;;;;;;;;/h4*1-8H;3*(H,3,4)(H,5,6);;;;;8*1H2/q;;;;;;;2*+3;2*-1;;;;;;;;/p-4. The van der Waals surface area contributed by atoms with Gasteiger partial charge in [-0.25, -0.2) is 9.59 Å². The summed E-state index contributed by atoms with van der Waals surface area (Å²) in [4.78, 5) is 104. The first-order chi connectivity index (χ1) is 35.3. The number of nitrogens with zero attached hydrogens (tertiary/aromatic N) is 10. The Bertz CT molecular complexity index is 2320. The quantitative estimate of drug-likeness (QED) is 0.0940. The first-order valence-corrected chi connectivity index (χ1v) is 19.5. The van der Waals surface area contributed by atoms with E-state index >= 15 is 0 Å². The molecule has 0 spiro atoms. The Balaban J connectivity index is -0.0000000803. The van der Waals surface area contributed by atoms with E-state index in [-0.39, 0.29) is 78.5 Å². The van der Waals surface area contributed by atoms with Crippen LogP contribution in [0.3, 0.4) is 0 Å². The zero-order valence-electron chi connectivity index (χ0n) is 42.2. The Morgan fingerprint density at radius 1 is 0.274 bits per heavy atom. The largest absolute Gasteiger partial charge is 3.00 e. The number of carboxylic acids is 6. The van der Waals surface area contributed by atoms with Crippen LogP contribution in [0.4, 0.5) is 0 Å². The third kappa shape index (κ3) is 53.2. The molecule has 0 fully saturated rings. The van der Waals surface area contributed by atoms with Gasteiger partial charge in [-0.15, -0.1) is 0 Å². The zero-order chi connectivity index (χ0) is 55.5. The number of aliphatic carboxylic acids is 6. The van der Waals surface area contributed by atoms with Crippen molar-refractivity contribution in [3.8, 4) is 45.6 Å². The van der Waals surface area contributed by atoms with E-state index in [2.05, 4.69) is 39.9 Å². The van der Waals surface area contributed by atoms with Gasteiger partial charge in [0.05, 0.1) is 79.6 Å². The Labute approximate surface area is 493 Å². The molecule has 18 N–H and O–H groups in total. The summed E-state index contributed by atoms with van der Waals surface area (Å²) in [5.41, 5.74) is 7.32. The maximum Gasteiger partial charge on any atom is 3.00 e. The Morgan fingerprint density at radius 2 is 0.369 bits per heavy atom. The van der Waals surface area contributed by atoms with Crippen LogP contribution in [0.2, 0.25) is 0 Å². The van der Waals surface area contributed by atoms with Crippen molar-refractivity contribution in [3.05, 3.63) is 226 Å². The first kappa shape index (κ1) is 98.6. The minimum Gasteiger partial charge on any atom is -0.543 e. The minimum atomic E-state index is -2.19. The van der Waals surface area contributed by atoms with Crippen LogP contribution in [-0.4, -0.2) is 140 Å². The van der Waals surface area contributed by atoms with Crippen molar-refractivity contribution in [1.82, 2.24) is 39.9 Å². The fourth-order valence-electron chi connectivity index (χ4n) is 4.11. The predicted octanol–water partition coefficient (Wildman–Crippen LogP) is -6.38. The fraction of sp³-hybridized carbons (Fsp3) is 0. The second kappa shape index (κ2) is 61.4. The van der Waals surface area contributed by atoms with Crippen LogP contribution in [0.15, 0.2) is 195 Å². The average Bonchev–Trinajstić information content (AvgIpc) is 3.41. The molecule has 0 aromatic carbocycles. The van der Waals surface area contributed by atoms with E-state index < -0.39 is 46.0 Å². The summed E-state index contributed by atoms with van der Waals surface area (Å²) in [6.45, 7) is 0. The van der Waals surface area contributed by atoms with Gasteiger partial charge in [-0.3, -0.25) is 39.9 Å². The van der Waals surface area contributed by atoms with Crippen molar-refractivity contribution in [2.45, 2.75) is 0 Å². The van der Waals surface area contributed by atoms with E-state index in [4.69, 9.17) is 90.0 Å². The van der Waals surface area contributed by atoms with Crippen molar-refractivity contribution in [2.24, 2.45) is 0 Å². The number of carbonyl (C=O) groups excluding carboxylic acids is 4. The van der Waals surface area contributed by atoms with Crippen molar-refractivity contribution < 1.29 is 148 Å². The molecule has 84 heavy (non-hydrogen) atoms. The van der Waals surface area contributed by atoms with Crippen LogP contribution in [0.5, 0.6) is 0 Å². The molecule has 8 aromatic heterocycles. The molecule has 0 saturated heterocycles. The van der Waals surface area contributed by atoms with Crippen molar-refractivity contribution in [3.63, 3.8) is 0 Å². The second-order valence-electron chi connectivity index (χ2n) is 11.9. The number of hydrogen-bond donors (Lipinski definition) is 2. The number of hydrogen-bond acceptors (Lipinski definition) is 24. The van der Waals surface area contributed by atoms with Crippen molar-refractivity contribution >= 4 is 35.8 Å². The SMILES string of the molecule is O.O.O.O.O.O.O.O.O=C(O)C(=O)O.O=C([O-])C(=O)[O-].O=C([O-])C(=O)[O-].O=[N+]([O-])[O-].O=[N+]([O-])[O-].[Cr+3].[Cr+3].c1ccc(-c2ccccn2)nc1.c1ccc(-c2ccccn2)nc1.c1ccc(-c2ccccn2)nc1.c1ccc(-c2ccccn2)nc1. The van der Waals surface area contributed by atoms with Crippen LogP contribution < -0.4 is 20.4 Å². The number of rotatable bonds is 4. The minimum absolute atomic E-state index is 0. The Morgan fingerprint density at radius 3 is 0.417 bits per heavy atom. The number of carbonyl (C=O) groups is 6. The normalized spacial score (nSPS) is 7.67. The predicted molar refractivity (Wildman–Crippen MR) is 275 cm³/mol. The molecular weight excluding hydrogens is 1210 g/mol. The molecule has 0 atom stereocenters. The molecule has 8 rings (SSSR count). The van der Waals surface area contributed by atoms with Crippen molar-refractivity contribution in [1.29, 1.82) is 0 Å². The van der Waals surface area contributed by atoms with Crippen LogP contribution in [0.25, 0.3) is 45.6 Å². The molecule has 0 bridgehead atoms. The van der Waals surface area contributed by atoms with Gasteiger partial charge in [0, 0.05) is 49.6 Å². The topological polar surface area (TPSA) is 723 Å². The molecular formula is C46H50Cr2N10O26. The van der Waals surface area contributed by atoms with E-state index in [0.29, 0.717) is 0 Å². The third-order valence-electron chi connectivity index (χ3n) is 6.89. The molecule has 8 aromatic rings. The summed E-state index contributed by atoms with van der Waals surface area (Å²) in [7, 11) is 0. The van der Waals surface area contributed by atoms with E-state index in [9.17, 15) is 0 Å². The maximum atomic E-state index is 9.10. The van der Waals surface area contributed by atoms with Crippen LogP contribution in [0, 0.1) is 30.6 Å². The molecule has 8 heterocycles. The summed E-state index contributed by atoms with van der Waals surface area (Å²) < 4.78 is 0. The second-order valence-corrected chi connectivity index (χ2v) is 11.9. The fourth-order valence-corrected chi connectivity index (χ4v) is 4.11. The van der Waals surface area contributed by atoms with E-state index in [1.54, 1.807) is 49.6 Å². The van der Waals surface area contributed by atoms with Crippen LogP contribution in [0.1, 0.15) is 0 Å². The van der Waals surface area contributed by atoms with Gasteiger partial charge in [0.2, 0.25) is 0 Å². The summed E-state index contributed by atoms with van der Waals surface area (Å²) in [6.07, 6.45) is 14.1. The van der Waals surface area contributed by atoms with E-state index in [0.717, 1.165) is 45.6 Å². The number of carboxylic acid groups (broad SMARTS) is 6. The summed E-state index contributed by atoms with van der Waals surface area (Å²) in [5.74, 6) is -12.4. The average molecular weight is 1260 g/mol. The van der Waals surface area contributed by atoms with Gasteiger partial charge in [-0.2, -0.15) is 0 Å². The van der Waals surface area contributed by atoms with Gasteiger partial charge in [0.15, 0.2) is 0 Å². The third-order valence-corrected chi connectivity index (χ3v) is 6.89. The monoisotopic (exact) mass is 1260 g/mol. The molecule has 452 valence electrons. The maximum absolute atomic E-state index is 9.10. The van der Waals surface area contributed by atoms with Gasteiger partial charge in [0.25, 0.3) is 0 Å². The number of pyridine rings is 8. The molecule has 0 saturated carbocycles. The zero-order valence-corrected chi connectivity index (χ0v) is 44.7. The van der Waals surface area contributed by atoms with Gasteiger partial charge in [-0.1, -0.05) is 48.5 Å². The molecule has 0 unspecified atom stereocenters. The molecule has 0 aliphatic heterocycles. The summed E-state index contributed by atoms with van der Waals surface area (Å²) in [6, 6.07) is 46.4. The Kier molecular flexibility index (Phi) is 72.0. The smallest absolute Gasteiger partial charge is 0.543 e. The van der Waals surface area contributed by atoms with Gasteiger partial charge < -0.3 is 124 Å². The van der Waals surface area contributed by atoms with E-state index in [1.165, 1.54) is 0 Å². The van der Waals surface area contributed by atoms with Gasteiger partial charge >= 0.3 is 46.7 Å². The van der Waals surface area contributed by atoms with Gasteiger partial charge in [-0.05, 0) is 97.1 Å². The molecule has 0 aliphatic rings. The van der Waals surface area contributed by atoms with E-state index in [1.807, 2.05) is 146 Å². The summed E-state index contributed by atoms with van der Waals surface area (Å²) >= 11 is 0. The Hall–Kier alpha value is -10.8. The van der Waals surface area contributed by atoms with Crippen LogP contribution >= 0.6 is 0 Å². The number of aromatic nitrogens is 8. The van der Waals surface area contributed by atoms with Gasteiger partial charge in [0.1, 0.15) is 0 Å². The molecule has 0 aliphatic carbocycles. The molecule has 0 amide bonds. The molecule has 38 heteroatoms. The molecule has 36 nitrogen and oxygen atoms in total.